The number of hydrogen-bond acceptors (Lipinski definition) is 4. The Bertz CT molecular complexity index is 1020. The minimum atomic E-state index is -0.159. The van der Waals surface area contributed by atoms with Crippen molar-refractivity contribution < 1.29 is 4.79 Å². The van der Waals surface area contributed by atoms with Crippen LogP contribution in [0, 0.1) is 6.42 Å². The van der Waals surface area contributed by atoms with Crippen LogP contribution in [0.4, 0.5) is 5.69 Å². The van der Waals surface area contributed by atoms with Gasteiger partial charge < -0.3 is 5.32 Å². The number of carbonyl (C=O) groups excluding carboxylic acids is 1. The van der Waals surface area contributed by atoms with Gasteiger partial charge in [0.15, 0.2) is 0 Å². The number of halogens is 1. The molecule has 23 heavy (non-hydrogen) atoms. The molecule has 1 amide bonds. The quantitative estimate of drug-likeness (QED) is 0.536. The van der Waals surface area contributed by atoms with E-state index in [1.54, 1.807) is 34.6 Å². The van der Waals surface area contributed by atoms with Crippen molar-refractivity contribution in [1.29, 1.82) is 0 Å². The summed E-state index contributed by atoms with van der Waals surface area (Å²) in [6.45, 7) is 0. The third-order valence-corrected chi connectivity index (χ3v) is 5.46. The van der Waals surface area contributed by atoms with Gasteiger partial charge in [-0.3, -0.25) is 4.79 Å². The molecule has 0 aliphatic heterocycles. The van der Waals surface area contributed by atoms with Crippen molar-refractivity contribution in [3.8, 4) is 0 Å². The summed E-state index contributed by atoms with van der Waals surface area (Å²) in [5, 5.41) is 6.53. The first kappa shape index (κ1) is 14.6. The number of nitrogens with zero attached hydrogens (tertiary/aromatic N) is 1. The van der Waals surface area contributed by atoms with Crippen molar-refractivity contribution in [2.75, 3.05) is 5.32 Å². The molecule has 0 spiro atoms. The molecule has 0 unspecified atom stereocenters. The molecular formula is C17H10ClN2OS2. The Morgan fingerprint density at radius 1 is 1.13 bits per heavy atom. The maximum absolute atomic E-state index is 12.3. The number of benzene rings is 2. The molecule has 4 rings (SSSR count). The zero-order chi connectivity index (χ0) is 15.8. The number of anilines is 1. The number of fused-ring (bicyclic) bond motifs is 2. The monoisotopic (exact) mass is 357 g/mol. The average molecular weight is 358 g/mol. The fourth-order valence-corrected chi connectivity index (χ4v) is 4.17. The first-order valence-corrected chi connectivity index (χ1v) is 8.98. The highest BCUT2D eigenvalue weighted by Crippen LogP contribution is 2.30. The first-order chi connectivity index (χ1) is 11.2. The van der Waals surface area contributed by atoms with Crippen LogP contribution in [-0.4, -0.2) is 10.9 Å². The molecule has 1 radical (unpaired) electrons. The Balaban J connectivity index is 1.55. The molecular weight excluding hydrogens is 348 g/mol. The van der Waals surface area contributed by atoms with Crippen LogP contribution in [0.25, 0.3) is 20.3 Å². The van der Waals surface area contributed by atoms with E-state index in [2.05, 4.69) is 10.3 Å². The Labute approximate surface area is 145 Å². The summed E-state index contributed by atoms with van der Waals surface area (Å²) in [6.07, 6.45) is 1.60. The van der Waals surface area contributed by atoms with Gasteiger partial charge in [-0.05, 0) is 52.7 Å². The Hall–Kier alpha value is -1.95. The minimum Gasteiger partial charge on any atom is -0.325 e. The molecule has 0 aliphatic rings. The maximum atomic E-state index is 12.3. The predicted molar refractivity (Wildman–Crippen MR) is 98.5 cm³/mol. The number of thiazole rings is 1. The maximum Gasteiger partial charge on any atom is 0.233 e. The van der Waals surface area contributed by atoms with Crippen molar-refractivity contribution >= 4 is 66.2 Å². The van der Waals surface area contributed by atoms with Gasteiger partial charge in [0.25, 0.3) is 0 Å². The number of hydrogen-bond donors (Lipinski definition) is 1. The molecule has 0 saturated heterocycles. The van der Waals surface area contributed by atoms with E-state index in [4.69, 9.17) is 11.6 Å². The van der Waals surface area contributed by atoms with Crippen LogP contribution in [0.5, 0.6) is 0 Å². The predicted octanol–water partition coefficient (Wildman–Crippen LogP) is 5.36. The SMILES string of the molecule is O=C([CH]c1csc2ccc(Cl)cc12)Nc1ccc2ncsc2c1. The fourth-order valence-electron chi connectivity index (χ4n) is 2.39. The lowest BCUT2D eigenvalue weighted by atomic mass is 10.1. The van der Waals surface area contributed by atoms with Gasteiger partial charge in [-0.25, -0.2) is 4.98 Å². The van der Waals surface area contributed by atoms with Crippen LogP contribution in [-0.2, 0) is 4.79 Å². The van der Waals surface area contributed by atoms with Gasteiger partial charge in [0.2, 0.25) is 5.91 Å². The summed E-state index contributed by atoms with van der Waals surface area (Å²) in [5.74, 6) is -0.159. The molecule has 0 bridgehead atoms. The van der Waals surface area contributed by atoms with E-state index < -0.39 is 0 Å². The zero-order valence-electron chi connectivity index (χ0n) is 11.7. The summed E-state index contributed by atoms with van der Waals surface area (Å²) < 4.78 is 2.16. The van der Waals surface area contributed by atoms with Crippen molar-refractivity contribution in [2.24, 2.45) is 0 Å². The molecule has 2 aromatic carbocycles. The fraction of sp³-hybridized carbons (Fsp3) is 0. The van der Waals surface area contributed by atoms with Crippen LogP contribution in [0.1, 0.15) is 5.56 Å². The summed E-state index contributed by atoms with van der Waals surface area (Å²) in [4.78, 5) is 16.5. The number of carbonyl (C=O) groups is 1. The van der Waals surface area contributed by atoms with Crippen molar-refractivity contribution in [2.45, 2.75) is 0 Å². The lowest BCUT2D eigenvalue weighted by Gasteiger charge is -2.04. The lowest BCUT2D eigenvalue weighted by molar-refractivity contribution is -0.112. The van der Waals surface area contributed by atoms with Crippen LogP contribution in [0.3, 0.4) is 0 Å². The second-order valence-corrected chi connectivity index (χ2v) is 7.23. The Morgan fingerprint density at radius 2 is 2.04 bits per heavy atom. The molecule has 0 saturated carbocycles. The van der Waals surface area contributed by atoms with Crippen molar-refractivity contribution in [3.05, 3.63) is 64.3 Å². The van der Waals surface area contributed by atoms with E-state index in [1.165, 1.54) is 0 Å². The van der Waals surface area contributed by atoms with Gasteiger partial charge in [-0.2, -0.15) is 0 Å². The standard InChI is InChI=1S/C17H10ClN2OS2/c18-11-1-4-15-13(6-11)10(8-22-15)5-17(21)20-12-2-3-14-16(7-12)23-9-19-14/h1-9H,(H,20,21). The molecule has 113 valence electrons. The normalized spacial score (nSPS) is 11.2. The van der Waals surface area contributed by atoms with Gasteiger partial charge in [0.05, 0.1) is 22.1 Å². The van der Waals surface area contributed by atoms with E-state index in [9.17, 15) is 4.79 Å². The Morgan fingerprint density at radius 3 is 2.96 bits per heavy atom. The number of thiophene rings is 1. The molecule has 2 aromatic heterocycles. The topological polar surface area (TPSA) is 42.0 Å². The van der Waals surface area contributed by atoms with E-state index >= 15 is 0 Å². The minimum absolute atomic E-state index is 0.159. The second kappa shape index (κ2) is 5.92. The Kier molecular flexibility index (Phi) is 3.77. The smallest absolute Gasteiger partial charge is 0.233 e. The number of aromatic nitrogens is 1. The van der Waals surface area contributed by atoms with Crippen LogP contribution in [0.15, 0.2) is 47.3 Å². The highest BCUT2D eigenvalue weighted by Gasteiger charge is 2.11. The summed E-state index contributed by atoms with van der Waals surface area (Å²) in [5.41, 5.74) is 4.38. The largest absolute Gasteiger partial charge is 0.325 e. The summed E-state index contributed by atoms with van der Waals surface area (Å²) >= 11 is 9.19. The molecule has 6 heteroatoms. The lowest BCUT2D eigenvalue weighted by Crippen LogP contribution is -2.12. The third kappa shape index (κ3) is 2.95. The van der Waals surface area contributed by atoms with Crippen LogP contribution in [0.2, 0.25) is 5.02 Å². The summed E-state index contributed by atoms with van der Waals surface area (Å²) in [6, 6.07) is 11.4. The molecule has 0 fully saturated rings. The number of nitrogens with one attached hydrogen (secondary N) is 1. The third-order valence-electron chi connectivity index (χ3n) is 3.45. The van der Waals surface area contributed by atoms with Crippen molar-refractivity contribution in [3.63, 3.8) is 0 Å². The van der Waals surface area contributed by atoms with Gasteiger partial charge in [-0.15, -0.1) is 22.7 Å². The summed E-state index contributed by atoms with van der Waals surface area (Å²) in [7, 11) is 0. The molecule has 0 atom stereocenters. The molecule has 2 heterocycles. The molecule has 3 nitrogen and oxygen atoms in total. The van der Waals surface area contributed by atoms with Gasteiger partial charge in [0.1, 0.15) is 0 Å². The molecule has 0 aliphatic carbocycles. The van der Waals surface area contributed by atoms with Crippen molar-refractivity contribution in [1.82, 2.24) is 4.98 Å². The number of amides is 1. The van der Waals surface area contributed by atoms with Gasteiger partial charge in [-0.1, -0.05) is 11.6 Å². The highest BCUT2D eigenvalue weighted by atomic mass is 35.5. The van der Waals surface area contributed by atoms with Crippen LogP contribution < -0.4 is 5.32 Å². The van der Waals surface area contributed by atoms with E-state index in [0.29, 0.717) is 5.02 Å². The highest BCUT2D eigenvalue weighted by molar-refractivity contribution is 7.17. The zero-order valence-corrected chi connectivity index (χ0v) is 14.1. The van der Waals surface area contributed by atoms with Gasteiger partial charge >= 0.3 is 0 Å². The average Bonchev–Trinajstić information content (AvgIpc) is 3.14. The molecule has 4 aromatic rings. The van der Waals surface area contributed by atoms with E-state index in [0.717, 1.165) is 31.6 Å². The first-order valence-electron chi connectivity index (χ1n) is 6.85. The van der Waals surface area contributed by atoms with E-state index in [1.807, 2.05) is 41.8 Å². The second-order valence-electron chi connectivity index (χ2n) is 5.00. The van der Waals surface area contributed by atoms with E-state index in [-0.39, 0.29) is 5.91 Å². The number of rotatable bonds is 3. The van der Waals surface area contributed by atoms with Gasteiger partial charge in [0, 0.05) is 15.4 Å². The molecule has 1 N–H and O–H groups in total. The van der Waals surface area contributed by atoms with Crippen LogP contribution >= 0.6 is 34.3 Å².